The first-order valence-corrected chi connectivity index (χ1v) is 6.10. The highest BCUT2D eigenvalue weighted by Crippen LogP contribution is 2.26. The van der Waals surface area contributed by atoms with Gasteiger partial charge in [0, 0.05) is 23.7 Å². The van der Waals surface area contributed by atoms with Gasteiger partial charge in [0.1, 0.15) is 5.75 Å². The van der Waals surface area contributed by atoms with Gasteiger partial charge in [-0.1, -0.05) is 17.7 Å². The summed E-state index contributed by atoms with van der Waals surface area (Å²) in [5.41, 5.74) is 5.73. The average molecular weight is 271 g/mol. The van der Waals surface area contributed by atoms with Gasteiger partial charge in [0.25, 0.3) is 0 Å². The summed E-state index contributed by atoms with van der Waals surface area (Å²) in [5.74, 6) is 0.556. The molecule has 0 saturated carbocycles. The first kappa shape index (κ1) is 14.8. The van der Waals surface area contributed by atoms with Gasteiger partial charge < -0.3 is 15.8 Å². The van der Waals surface area contributed by atoms with Gasteiger partial charge >= 0.3 is 0 Å². The molecule has 18 heavy (non-hydrogen) atoms. The van der Waals surface area contributed by atoms with Gasteiger partial charge in [0.15, 0.2) is 0 Å². The molecule has 0 atom stereocenters. The molecule has 0 aromatic heterocycles. The Bertz CT molecular complexity index is 433. The molecule has 0 heterocycles. The summed E-state index contributed by atoms with van der Waals surface area (Å²) in [7, 11) is 1.57. The molecule has 0 bridgehead atoms. The molecule has 1 aromatic carbocycles. The number of rotatable bonds is 5. The maximum absolute atomic E-state index is 11.9. The third-order valence-electron chi connectivity index (χ3n) is 2.85. The SMILES string of the molecule is COc1cccc(Cl)c1CNC(=O)C(C)(C)CN. The third-order valence-corrected chi connectivity index (χ3v) is 3.20. The number of nitrogens with one attached hydrogen (secondary N) is 1. The second-order valence-corrected chi connectivity index (χ2v) is 5.10. The number of benzene rings is 1. The minimum absolute atomic E-state index is 0.105. The second-order valence-electron chi connectivity index (χ2n) is 4.69. The Balaban J connectivity index is 2.78. The van der Waals surface area contributed by atoms with E-state index in [0.717, 1.165) is 5.56 Å². The molecule has 0 unspecified atom stereocenters. The van der Waals surface area contributed by atoms with Crippen molar-refractivity contribution in [1.29, 1.82) is 0 Å². The van der Waals surface area contributed by atoms with Crippen LogP contribution in [-0.4, -0.2) is 19.6 Å². The normalized spacial score (nSPS) is 11.2. The van der Waals surface area contributed by atoms with Crippen molar-refractivity contribution in [3.05, 3.63) is 28.8 Å². The minimum atomic E-state index is -0.589. The molecular formula is C13H19ClN2O2. The molecule has 0 aliphatic heterocycles. The molecule has 0 radical (unpaired) electrons. The van der Waals surface area contributed by atoms with Gasteiger partial charge in [-0.2, -0.15) is 0 Å². The van der Waals surface area contributed by atoms with Crippen molar-refractivity contribution >= 4 is 17.5 Å². The topological polar surface area (TPSA) is 64.3 Å². The van der Waals surface area contributed by atoms with Crippen molar-refractivity contribution in [3.63, 3.8) is 0 Å². The van der Waals surface area contributed by atoms with Gasteiger partial charge in [0.2, 0.25) is 5.91 Å². The number of carbonyl (C=O) groups excluding carboxylic acids is 1. The zero-order chi connectivity index (χ0) is 13.8. The van der Waals surface area contributed by atoms with Gasteiger partial charge in [-0.05, 0) is 26.0 Å². The van der Waals surface area contributed by atoms with Gasteiger partial charge in [-0.3, -0.25) is 4.79 Å². The number of nitrogens with two attached hydrogens (primary N) is 1. The van der Waals surface area contributed by atoms with E-state index < -0.39 is 5.41 Å². The van der Waals surface area contributed by atoms with E-state index in [2.05, 4.69) is 5.32 Å². The van der Waals surface area contributed by atoms with Crippen molar-refractivity contribution in [1.82, 2.24) is 5.32 Å². The lowest BCUT2D eigenvalue weighted by Crippen LogP contribution is -2.41. The van der Waals surface area contributed by atoms with Gasteiger partial charge in [-0.25, -0.2) is 0 Å². The lowest BCUT2D eigenvalue weighted by Gasteiger charge is -2.21. The van der Waals surface area contributed by atoms with Crippen LogP contribution in [0.15, 0.2) is 18.2 Å². The summed E-state index contributed by atoms with van der Waals surface area (Å²) < 4.78 is 5.21. The number of hydrogen-bond donors (Lipinski definition) is 2. The number of amides is 1. The monoisotopic (exact) mass is 270 g/mol. The van der Waals surface area contributed by atoms with Crippen molar-refractivity contribution in [3.8, 4) is 5.75 Å². The molecule has 0 saturated heterocycles. The summed E-state index contributed by atoms with van der Waals surface area (Å²) in [5, 5.41) is 3.39. The molecule has 0 spiro atoms. The molecule has 5 heteroatoms. The van der Waals surface area contributed by atoms with Crippen LogP contribution in [0, 0.1) is 5.41 Å². The molecule has 0 fully saturated rings. The molecule has 1 amide bonds. The van der Waals surface area contributed by atoms with Crippen LogP contribution in [0.3, 0.4) is 0 Å². The van der Waals surface area contributed by atoms with Crippen LogP contribution in [0.25, 0.3) is 0 Å². The Labute approximate surface area is 112 Å². The largest absolute Gasteiger partial charge is 0.496 e. The number of hydrogen-bond acceptors (Lipinski definition) is 3. The van der Waals surface area contributed by atoms with Crippen LogP contribution in [-0.2, 0) is 11.3 Å². The smallest absolute Gasteiger partial charge is 0.227 e. The van der Waals surface area contributed by atoms with E-state index in [1.54, 1.807) is 39.2 Å². The van der Waals surface area contributed by atoms with Crippen LogP contribution in [0.5, 0.6) is 5.75 Å². The molecule has 1 rings (SSSR count). The highest BCUT2D eigenvalue weighted by Gasteiger charge is 2.25. The fraction of sp³-hybridized carbons (Fsp3) is 0.462. The summed E-state index contributed by atoms with van der Waals surface area (Å²) >= 11 is 6.08. The highest BCUT2D eigenvalue weighted by molar-refractivity contribution is 6.31. The van der Waals surface area contributed by atoms with E-state index in [1.165, 1.54) is 0 Å². The van der Waals surface area contributed by atoms with Crippen molar-refractivity contribution in [2.75, 3.05) is 13.7 Å². The highest BCUT2D eigenvalue weighted by atomic mass is 35.5. The first-order valence-electron chi connectivity index (χ1n) is 5.72. The molecular weight excluding hydrogens is 252 g/mol. The van der Waals surface area contributed by atoms with E-state index in [1.807, 2.05) is 0 Å². The first-order chi connectivity index (χ1) is 8.42. The molecule has 0 aliphatic carbocycles. The van der Waals surface area contributed by atoms with Crippen LogP contribution in [0.1, 0.15) is 19.4 Å². The molecule has 100 valence electrons. The van der Waals surface area contributed by atoms with Crippen LogP contribution < -0.4 is 15.8 Å². The van der Waals surface area contributed by atoms with E-state index in [4.69, 9.17) is 22.1 Å². The Morgan fingerprint density at radius 2 is 2.17 bits per heavy atom. The Morgan fingerprint density at radius 3 is 2.72 bits per heavy atom. The van der Waals surface area contributed by atoms with Gasteiger partial charge in [-0.15, -0.1) is 0 Å². The van der Waals surface area contributed by atoms with Gasteiger partial charge in [0.05, 0.1) is 12.5 Å². The van der Waals surface area contributed by atoms with E-state index in [0.29, 0.717) is 23.9 Å². The Kier molecular flexibility index (Phi) is 4.99. The summed E-state index contributed by atoms with van der Waals surface area (Å²) in [6, 6.07) is 5.37. The minimum Gasteiger partial charge on any atom is -0.496 e. The quantitative estimate of drug-likeness (QED) is 0.860. The van der Waals surface area contributed by atoms with Crippen molar-refractivity contribution in [2.45, 2.75) is 20.4 Å². The van der Waals surface area contributed by atoms with Crippen molar-refractivity contribution < 1.29 is 9.53 Å². The molecule has 3 N–H and O–H groups in total. The average Bonchev–Trinajstić information content (AvgIpc) is 2.36. The summed E-state index contributed by atoms with van der Waals surface area (Å²) in [4.78, 5) is 11.9. The molecule has 4 nitrogen and oxygen atoms in total. The molecule has 1 aromatic rings. The molecule has 0 aliphatic rings. The summed E-state index contributed by atoms with van der Waals surface area (Å²) in [6.45, 7) is 4.21. The van der Waals surface area contributed by atoms with E-state index in [-0.39, 0.29) is 5.91 Å². The lowest BCUT2D eigenvalue weighted by atomic mass is 9.92. The van der Waals surface area contributed by atoms with Crippen LogP contribution in [0.4, 0.5) is 0 Å². The van der Waals surface area contributed by atoms with E-state index in [9.17, 15) is 4.79 Å². The zero-order valence-corrected chi connectivity index (χ0v) is 11.7. The number of ether oxygens (including phenoxy) is 1. The van der Waals surface area contributed by atoms with Crippen LogP contribution >= 0.6 is 11.6 Å². The number of carbonyl (C=O) groups is 1. The van der Waals surface area contributed by atoms with Crippen molar-refractivity contribution in [2.24, 2.45) is 11.1 Å². The Morgan fingerprint density at radius 1 is 1.50 bits per heavy atom. The maximum atomic E-state index is 11.9. The predicted octanol–water partition coefficient (Wildman–Crippen LogP) is 1.95. The predicted molar refractivity (Wildman–Crippen MR) is 72.7 cm³/mol. The fourth-order valence-corrected chi connectivity index (χ4v) is 1.63. The maximum Gasteiger partial charge on any atom is 0.227 e. The second kappa shape index (κ2) is 6.07. The standard InChI is InChI=1S/C13H19ClN2O2/c1-13(2,8-15)12(17)16-7-9-10(14)5-4-6-11(9)18-3/h4-6H,7-8,15H2,1-3H3,(H,16,17). The lowest BCUT2D eigenvalue weighted by molar-refractivity contribution is -0.129. The zero-order valence-electron chi connectivity index (χ0n) is 10.9. The third kappa shape index (κ3) is 3.37. The van der Waals surface area contributed by atoms with E-state index >= 15 is 0 Å². The number of halogens is 1. The fourth-order valence-electron chi connectivity index (χ4n) is 1.40. The Hall–Kier alpha value is -1.26. The number of methoxy groups -OCH3 is 1. The van der Waals surface area contributed by atoms with Crippen LogP contribution in [0.2, 0.25) is 5.02 Å². The summed E-state index contributed by atoms with van der Waals surface area (Å²) in [6.07, 6.45) is 0.